The second-order valence-electron chi connectivity index (χ2n) is 6.33. The summed E-state index contributed by atoms with van der Waals surface area (Å²) in [4.78, 5) is 23.3. The molecule has 126 valence electrons. The lowest BCUT2D eigenvalue weighted by Gasteiger charge is -2.27. The number of carbonyl (C=O) groups excluding carboxylic acids is 2. The van der Waals surface area contributed by atoms with E-state index in [-0.39, 0.29) is 17.2 Å². The van der Waals surface area contributed by atoms with Crippen LogP contribution in [-0.2, 0) is 15.0 Å². The van der Waals surface area contributed by atoms with E-state index < -0.39 is 6.04 Å². The molecule has 0 spiro atoms. The third kappa shape index (κ3) is 3.94. The molecule has 0 bridgehead atoms. The Morgan fingerprint density at radius 3 is 2.57 bits per heavy atom. The van der Waals surface area contributed by atoms with E-state index >= 15 is 0 Å². The lowest BCUT2D eigenvalue weighted by molar-refractivity contribution is -0.125. The Hall–Kier alpha value is -2.24. The maximum atomic E-state index is 12.1. The van der Waals surface area contributed by atoms with Gasteiger partial charge in [-0.25, -0.2) is 0 Å². The Morgan fingerprint density at radius 2 is 2.00 bits per heavy atom. The van der Waals surface area contributed by atoms with Gasteiger partial charge in [-0.15, -0.1) is 0 Å². The van der Waals surface area contributed by atoms with Gasteiger partial charge in [-0.1, -0.05) is 19.9 Å². The number of methoxy groups -OCH3 is 2. The number of nitrogens with one attached hydrogen (secondary N) is 2. The number of benzene rings is 1. The van der Waals surface area contributed by atoms with E-state index in [0.29, 0.717) is 30.9 Å². The zero-order chi connectivity index (χ0) is 17.0. The van der Waals surface area contributed by atoms with Crippen molar-refractivity contribution >= 4 is 11.8 Å². The molecule has 23 heavy (non-hydrogen) atoms. The van der Waals surface area contributed by atoms with Crippen molar-refractivity contribution in [3.8, 4) is 11.5 Å². The average molecular weight is 320 g/mol. The van der Waals surface area contributed by atoms with Crippen LogP contribution >= 0.6 is 0 Å². The summed E-state index contributed by atoms with van der Waals surface area (Å²) in [7, 11) is 3.19. The van der Waals surface area contributed by atoms with Crippen molar-refractivity contribution < 1.29 is 19.1 Å². The molecule has 1 saturated heterocycles. The van der Waals surface area contributed by atoms with Crippen LogP contribution in [0.1, 0.15) is 32.3 Å². The lowest BCUT2D eigenvalue weighted by atomic mass is 9.84. The molecule has 1 fully saturated rings. The highest BCUT2D eigenvalue weighted by atomic mass is 16.5. The first kappa shape index (κ1) is 17.1. The maximum absolute atomic E-state index is 12.1. The standard InChI is InChI=1S/C17H24N2O4/c1-17(2,10-18-16(21)12-6-8-15(20)19-12)11-5-7-13(22-3)14(9-11)23-4/h5,7,9,12H,6,8,10H2,1-4H3,(H,18,21)(H,19,20). The van der Waals surface area contributed by atoms with Crippen LogP contribution in [0, 0.1) is 0 Å². The van der Waals surface area contributed by atoms with Crippen LogP contribution in [-0.4, -0.2) is 38.6 Å². The fraction of sp³-hybridized carbons (Fsp3) is 0.529. The minimum Gasteiger partial charge on any atom is -0.493 e. The van der Waals surface area contributed by atoms with E-state index in [1.54, 1.807) is 14.2 Å². The molecule has 6 nitrogen and oxygen atoms in total. The molecule has 0 saturated carbocycles. The molecule has 1 aromatic rings. The number of rotatable bonds is 6. The molecule has 2 amide bonds. The summed E-state index contributed by atoms with van der Waals surface area (Å²) in [5, 5.41) is 5.60. The van der Waals surface area contributed by atoms with Crippen LogP contribution in [0.3, 0.4) is 0 Å². The zero-order valence-electron chi connectivity index (χ0n) is 14.1. The van der Waals surface area contributed by atoms with Gasteiger partial charge in [0.15, 0.2) is 11.5 Å². The van der Waals surface area contributed by atoms with Gasteiger partial charge in [0, 0.05) is 18.4 Å². The zero-order valence-corrected chi connectivity index (χ0v) is 14.1. The van der Waals surface area contributed by atoms with Gasteiger partial charge in [0.25, 0.3) is 0 Å². The largest absolute Gasteiger partial charge is 0.493 e. The predicted molar refractivity (Wildman–Crippen MR) is 86.7 cm³/mol. The van der Waals surface area contributed by atoms with Crippen molar-refractivity contribution in [2.24, 2.45) is 0 Å². The molecule has 1 aliphatic rings. The first-order valence-electron chi connectivity index (χ1n) is 7.67. The Kier molecular flexibility index (Phi) is 5.13. The van der Waals surface area contributed by atoms with Crippen molar-refractivity contribution in [1.82, 2.24) is 10.6 Å². The van der Waals surface area contributed by atoms with Crippen molar-refractivity contribution in [2.75, 3.05) is 20.8 Å². The highest BCUT2D eigenvalue weighted by molar-refractivity contribution is 5.90. The molecule has 2 rings (SSSR count). The van der Waals surface area contributed by atoms with Gasteiger partial charge < -0.3 is 20.1 Å². The molecular weight excluding hydrogens is 296 g/mol. The number of amides is 2. The molecule has 0 aromatic heterocycles. The Labute approximate surface area is 136 Å². The Bertz CT molecular complexity index is 598. The highest BCUT2D eigenvalue weighted by Crippen LogP contribution is 2.32. The number of hydrogen-bond donors (Lipinski definition) is 2. The third-order valence-electron chi connectivity index (χ3n) is 4.18. The molecule has 1 aromatic carbocycles. The topological polar surface area (TPSA) is 76.7 Å². The molecule has 1 heterocycles. The van der Waals surface area contributed by atoms with Crippen LogP contribution in [0.15, 0.2) is 18.2 Å². The minimum absolute atomic E-state index is 0.0655. The molecule has 6 heteroatoms. The quantitative estimate of drug-likeness (QED) is 0.830. The molecule has 0 radical (unpaired) electrons. The van der Waals surface area contributed by atoms with E-state index in [0.717, 1.165) is 5.56 Å². The summed E-state index contributed by atoms with van der Waals surface area (Å²) in [6.07, 6.45) is 0.971. The van der Waals surface area contributed by atoms with E-state index in [1.807, 2.05) is 32.0 Å². The van der Waals surface area contributed by atoms with Crippen molar-refractivity contribution in [3.63, 3.8) is 0 Å². The van der Waals surface area contributed by atoms with E-state index in [9.17, 15) is 9.59 Å². The molecule has 1 atom stereocenters. The average Bonchev–Trinajstić information content (AvgIpc) is 2.98. The number of ether oxygens (including phenoxy) is 2. The third-order valence-corrected chi connectivity index (χ3v) is 4.18. The van der Waals surface area contributed by atoms with Gasteiger partial charge in [-0.05, 0) is 24.1 Å². The fourth-order valence-corrected chi connectivity index (χ4v) is 2.60. The van der Waals surface area contributed by atoms with Crippen LogP contribution in [0.25, 0.3) is 0 Å². The molecule has 2 N–H and O–H groups in total. The normalized spacial score (nSPS) is 17.6. The Balaban J connectivity index is 2.03. The summed E-state index contributed by atoms with van der Waals surface area (Å²) in [5.74, 6) is 1.13. The van der Waals surface area contributed by atoms with Crippen LogP contribution < -0.4 is 20.1 Å². The smallest absolute Gasteiger partial charge is 0.242 e. The van der Waals surface area contributed by atoms with Gasteiger partial charge in [0.2, 0.25) is 11.8 Å². The van der Waals surface area contributed by atoms with E-state index in [2.05, 4.69) is 10.6 Å². The summed E-state index contributed by atoms with van der Waals surface area (Å²) < 4.78 is 10.6. The second kappa shape index (κ2) is 6.89. The summed E-state index contributed by atoms with van der Waals surface area (Å²) >= 11 is 0. The van der Waals surface area contributed by atoms with Gasteiger partial charge in [0.05, 0.1) is 14.2 Å². The summed E-state index contributed by atoms with van der Waals surface area (Å²) in [5.41, 5.74) is 0.753. The minimum atomic E-state index is -0.413. The van der Waals surface area contributed by atoms with Crippen molar-refractivity contribution in [2.45, 2.75) is 38.1 Å². The van der Waals surface area contributed by atoms with Gasteiger partial charge in [0.1, 0.15) is 6.04 Å². The summed E-state index contributed by atoms with van der Waals surface area (Å²) in [6, 6.07) is 5.32. The maximum Gasteiger partial charge on any atom is 0.242 e. The number of carbonyl (C=O) groups is 2. The van der Waals surface area contributed by atoms with E-state index in [1.165, 1.54) is 0 Å². The fourth-order valence-electron chi connectivity index (χ4n) is 2.60. The number of hydrogen-bond acceptors (Lipinski definition) is 4. The van der Waals surface area contributed by atoms with Crippen molar-refractivity contribution in [1.29, 1.82) is 0 Å². The molecular formula is C17H24N2O4. The molecule has 0 aliphatic carbocycles. The molecule has 1 aliphatic heterocycles. The monoisotopic (exact) mass is 320 g/mol. The Morgan fingerprint density at radius 1 is 1.30 bits per heavy atom. The van der Waals surface area contributed by atoms with Crippen LogP contribution in [0.4, 0.5) is 0 Å². The van der Waals surface area contributed by atoms with E-state index in [4.69, 9.17) is 9.47 Å². The first-order valence-corrected chi connectivity index (χ1v) is 7.67. The highest BCUT2D eigenvalue weighted by Gasteiger charge is 2.29. The van der Waals surface area contributed by atoms with Crippen LogP contribution in [0.5, 0.6) is 11.5 Å². The van der Waals surface area contributed by atoms with Crippen LogP contribution in [0.2, 0.25) is 0 Å². The summed E-state index contributed by atoms with van der Waals surface area (Å²) in [6.45, 7) is 4.55. The van der Waals surface area contributed by atoms with Gasteiger partial charge in [-0.3, -0.25) is 9.59 Å². The predicted octanol–water partition coefficient (Wildman–Crippen LogP) is 1.38. The lowest BCUT2D eigenvalue weighted by Crippen LogP contribution is -2.45. The molecule has 1 unspecified atom stereocenters. The first-order chi connectivity index (χ1) is 10.9. The van der Waals surface area contributed by atoms with Gasteiger partial charge in [-0.2, -0.15) is 0 Å². The van der Waals surface area contributed by atoms with Gasteiger partial charge >= 0.3 is 0 Å². The SMILES string of the molecule is COc1ccc(C(C)(C)CNC(=O)C2CCC(=O)N2)cc1OC. The van der Waals surface area contributed by atoms with Crippen molar-refractivity contribution in [3.05, 3.63) is 23.8 Å². The second-order valence-corrected chi connectivity index (χ2v) is 6.33.